The molecule has 1 aliphatic rings. The summed E-state index contributed by atoms with van der Waals surface area (Å²) in [6.45, 7) is 1.05. The van der Waals surface area contributed by atoms with Crippen LogP contribution in [0.15, 0.2) is 42.5 Å². The van der Waals surface area contributed by atoms with Crippen molar-refractivity contribution in [2.24, 2.45) is 5.92 Å². The molecule has 0 aliphatic carbocycles. The van der Waals surface area contributed by atoms with Crippen LogP contribution in [0.25, 0.3) is 11.0 Å². The van der Waals surface area contributed by atoms with Crippen molar-refractivity contribution in [3.63, 3.8) is 0 Å². The highest BCUT2D eigenvalue weighted by atomic mass is 19.4. The number of imidazole rings is 1. The lowest BCUT2D eigenvalue weighted by atomic mass is 9.94. The normalized spacial score (nSPS) is 19.2. The van der Waals surface area contributed by atoms with E-state index in [4.69, 9.17) is 4.74 Å². The number of halogens is 3. The summed E-state index contributed by atoms with van der Waals surface area (Å²) in [5.41, 5.74) is 7.94. The summed E-state index contributed by atoms with van der Waals surface area (Å²) in [4.78, 5) is 18.3. The van der Waals surface area contributed by atoms with E-state index in [2.05, 4.69) is 26.1 Å². The Hall–Kier alpha value is -3.11. The van der Waals surface area contributed by atoms with Crippen LogP contribution in [0.5, 0.6) is 5.75 Å². The lowest BCUT2D eigenvalue weighted by Crippen LogP contribution is -2.32. The van der Waals surface area contributed by atoms with Gasteiger partial charge in [-0.15, -0.1) is 0 Å². The first-order valence-electron chi connectivity index (χ1n) is 9.32. The van der Waals surface area contributed by atoms with E-state index in [-0.39, 0.29) is 34.5 Å². The molecule has 10 heteroatoms. The standard InChI is InChI=1S/C20H20F3N5O2/c1-30-14-5-2-11(3-6-14)17-13(10-25-28-17)9-24-18(29)12-4-7-15-16(8-12)27-19(26-15)20(21,22)23/h2-8,13,17,25,28H,9-10H2,1H3,(H,24,29)(H,26,27). The lowest BCUT2D eigenvalue weighted by Gasteiger charge is -2.19. The summed E-state index contributed by atoms with van der Waals surface area (Å²) in [5, 5.41) is 2.86. The Morgan fingerprint density at radius 2 is 2.00 bits per heavy atom. The number of nitrogens with zero attached hydrogens (tertiary/aromatic N) is 1. The molecule has 1 aliphatic heterocycles. The summed E-state index contributed by atoms with van der Waals surface area (Å²) in [6.07, 6.45) is -4.57. The molecule has 1 aromatic heterocycles. The molecular weight excluding hydrogens is 399 g/mol. The van der Waals surface area contributed by atoms with Gasteiger partial charge in [0.15, 0.2) is 0 Å². The van der Waals surface area contributed by atoms with Crippen molar-refractivity contribution in [3.8, 4) is 5.75 Å². The molecule has 30 heavy (non-hydrogen) atoms. The van der Waals surface area contributed by atoms with Crippen molar-refractivity contribution in [1.29, 1.82) is 0 Å². The van der Waals surface area contributed by atoms with Crippen LogP contribution < -0.4 is 20.9 Å². The average Bonchev–Trinajstić information content (AvgIpc) is 3.38. The molecule has 1 amide bonds. The number of hydrogen-bond acceptors (Lipinski definition) is 5. The van der Waals surface area contributed by atoms with Crippen molar-refractivity contribution in [1.82, 2.24) is 26.1 Å². The third-order valence-corrected chi connectivity index (χ3v) is 5.11. The fourth-order valence-corrected chi connectivity index (χ4v) is 3.50. The number of hydrazine groups is 1. The molecule has 0 spiro atoms. The van der Waals surface area contributed by atoms with Crippen LogP contribution in [0.4, 0.5) is 13.2 Å². The molecule has 158 valence electrons. The van der Waals surface area contributed by atoms with Crippen LogP contribution in [-0.4, -0.2) is 36.1 Å². The number of rotatable bonds is 5. The van der Waals surface area contributed by atoms with E-state index < -0.39 is 12.0 Å². The molecule has 0 saturated carbocycles. The fourth-order valence-electron chi connectivity index (χ4n) is 3.50. The van der Waals surface area contributed by atoms with Gasteiger partial charge in [0, 0.05) is 24.6 Å². The van der Waals surface area contributed by atoms with E-state index in [0.717, 1.165) is 11.3 Å². The maximum atomic E-state index is 12.8. The van der Waals surface area contributed by atoms with E-state index in [1.807, 2.05) is 24.3 Å². The zero-order chi connectivity index (χ0) is 21.3. The Morgan fingerprint density at radius 1 is 1.23 bits per heavy atom. The predicted molar refractivity (Wildman–Crippen MR) is 104 cm³/mol. The van der Waals surface area contributed by atoms with Gasteiger partial charge in [-0.1, -0.05) is 12.1 Å². The summed E-state index contributed by atoms with van der Waals surface area (Å²) in [6, 6.07) is 11.9. The molecular formula is C20H20F3N5O2. The number of methoxy groups -OCH3 is 1. The van der Waals surface area contributed by atoms with E-state index in [0.29, 0.717) is 13.1 Å². The molecule has 1 fully saturated rings. The second-order valence-electron chi connectivity index (χ2n) is 7.06. The largest absolute Gasteiger partial charge is 0.497 e. The van der Waals surface area contributed by atoms with Gasteiger partial charge in [0.1, 0.15) is 5.75 Å². The minimum atomic E-state index is -4.57. The number of hydrogen-bond donors (Lipinski definition) is 4. The number of nitrogens with one attached hydrogen (secondary N) is 4. The zero-order valence-corrected chi connectivity index (χ0v) is 16.0. The number of alkyl halides is 3. The number of aromatic amines is 1. The first-order valence-corrected chi connectivity index (χ1v) is 9.32. The van der Waals surface area contributed by atoms with Crippen molar-refractivity contribution in [3.05, 3.63) is 59.4 Å². The SMILES string of the molecule is COc1ccc(C2NNCC2CNC(=O)c2ccc3nc(C(F)(F)F)[nH]c3c2)cc1. The van der Waals surface area contributed by atoms with E-state index >= 15 is 0 Å². The molecule has 2 atom stereocenters. The quantitative estimate of drug-likeness (QED) is 0.511. The second-order valence-corrected chi connectivity index (χ2v) is 7.06. The van der Waals surface area contributed by atoms with Crippen molar-refractivity contribution in [2.75, 3.05) is 20.2 Å². The molecule has 0 radical (unpaired) electrons. The van der Waals surface area contributed by atoms with E-state index in [9.17, 15) is 18.0 Å². The Bertz CT molecular complexity index is 1050. The predicted octanol–water partition coefficient (Wildman–Crippen LogP) is 2.79. The minimum absolute atomic E-state index is 0.000590. The molecule has 7 nitrogen and oxygen atoms in total. The number of aromatic nitrogens is 2. The van der Waals surface area contributed by atoms with Crippen molar-refractivity contribution < 1.29 is 22.7 Å². The monoisotopic (exact) mass is 419 g/mol. The number of carbonyl (C=O) groups is 1. The number of H-pyrrole nitrogens is 1. The number of amides is 1. The van der Waals surface area contributed by atoms with Gasteiger partial charge in [0.25, 0.3) is 5.91 Å². The third kappa shape index (κ3) is 4.10. The van der Waals surface area contributed by atoms with Crippen molar-refractivity contribution >= 4 is 16.9 Å². The highest BCUT2D eigenvalue weighted by Gasteiger charge is 2.35. The molecule has 0 bridgehead atoms. The Morgan fingerprint density at radius 3 is 2.70 bits per heavy atom. The zero-order valence-electron chi connectivity index (χ0n) is 16.0. The van der Waals surface area contributed by atoms with Crippen LogP contribution in [-0.2, 0) is 6.18 Å². The molecule has 2 unspecified atom stereocenters. The topological polar surface area (TPSA) is 91.1 Å². The van der Waals surface area contributed by atoms with Gasteiger partial charge in [0.05, 0.1) is 24.2 Å². The van der Waals surface area contributed by atoms with Gasteiger partial charge >= 0.3 is 6.18 Å². The Labute approximate surface area is 170 Å². The van der Waals surface area contributed by atoms with Gasteiger partial charge in [-0.05, 0) is 35.9 Å². The summed E-state index contributed by atoms with van der Waals surface area (Å²) < 4.78 is 43.6. The highest BCUT2D eigenvalue weighted by Crippen LogP contribution is 2.29. The third-order valence-electron chi connectivity index (χ3n) is 5.11. The van der Waals surface area contributed by atoms with Crippen LogP contribution in [0.2, 0.25) is 0 Å². The molecule has 4 N–H and O–H groups in total. The van der Waals surface area contributed by atoms with Gasteiger partial charge in [-0.3, -0.25) is 10.2 Å². The summed E-state index contributed by atoms with van der Waals surface area (Å²) in [5.74, 6) is -0.589. The van der Waals surface area contributed by atoms with Gasteiger partial charge < -0.3 is 15.0 Å². The first kappa shape index (κ1) is 20.2. The Kier molecular flexibility index (Phi) is 5.35. The maximum absolute atomic E-state index is 12.8. The lowest BCUT2D eigenvalue weighted by molar-refractivity contribution is -0.144. The second kappa shape index (κ2) is 7.96. The summed E-state index contributed by atoms with van der Waals surface area (Å²) in [7, 11) is 1.60. The van der Waals surface area contributed by atoms with Crippen LogP contribution in [0.3, 0.4) is 0 Å². The Balaban J connectivity index is 1.43. The maximum Gasteiger partial charge on any atom is 0.449 e. The molecule has 4 rings (SSSR count). The smallest absolute Gasteiger partial charge is 0.449 e. The minimum Gasteiger partial charge on any atom is -0.497 e. The highest BCUT2D eigenvalue weighted by molar-refractivity contribution is 5.97. The van der Waals surface area contributed by atoms with E-state index in [1.54, 1.807) is 7.11 Å². The average molecular weight is 419 g/mol. The van der Waals surface area contributed by atoms with Gasteiger partial charge in [-0.25, -0.2) is 10.4 Å². The van der Waals surface area contributed by atoms with Crippen molar-refractivity contribution in [2.45, 2.75) is 12.2 Å². The molecule has 2 aromatic carbocycles. The molecule has 1 saturated heterocycles. The van der Waals surface area contributed by atoms with Crippen LogP contribution >= 0.6 is 0 Å². The fraction of sp³-hybridized carbons (Fsp3) is 0.300. The van der Waals surface area contributed by atoms with Crippen LogP contribution in [0, 0.1) is 5.92 Å². The number of ether oxygens (including phenoxy) is 1. The van der Waals surface area contributed by atoms with Crippen LogP contribution in [0.1, 0.15) is 27.8 Å². The van der Waals surface area contributed by atoms with E-state index in [1.165, 1.54) is 18.2 Å². The number of fused-ring (bicyclic) bond motifs is 1. The van der Waals surface area contributed by atoms with Gasteiger partial charge in [-0.2, -0.15) is 13.2 Å². The first-order chi connectivity index (χ1) is 14.3. The number of carbonyl (C=O) groups excluding carboxylic acids is 1. The molecule has 3 aromatic rings. The molecule has 2 heterocycles. The summed E-state index contributed by atoms with van der Waals surface area (Å²) >= 11 is 0. The van der Waals surface area contributed by atoms with Gasteiger partial charge in [0.2, 0.25) is 5.82 Å². The number of benzene rings is 2.